The van der Waals surface area contributed by atoms with E-state index >= 15 is 0 Å². The highest BCUT2D eigenvalue weighted by Gasteiger charge is 2.11. The number of carbonyl (C=O) groups excluding carboxylic acids is 1. The molecule has 1 amide bonds. The van der Waals surface area contributed by atoms with Crippen LogP contribution in [-0.4, -0.2) is 33.8 Å². The molecule has 2 heterocycles. The minimum absolute atomic E-state index is 0.113. The Kier molecular flexibility index (Phi) is 4.70. The number of pyridine rings is 1. The van der Waals surface area contributed by atoms with Gasteiger partial charge >= 0.3 is 0 Å². The van der Waals surface area contributed by atoms with Crippen LogP contribution in [0.3, 0.4) is 0 Å². The molecule has 20 heavy (non-hydrogen) atoms. The van der Waals surface area contributed by atoms with E-state index in [2.05, 4.69) is 20.7 Å². The third-order valence-corrected chi connectivity index (χ3v) is 2.85. The molecule has 106 valence electrons. The molecule has 2 N–H and O–H groups in total. The van der Waals surface area contributed by atoms with Gasteiger partial charge in [-0.3, -0.25) is 9.48 Å². The van der Waals surface area contributed by atoms with Crippen LogP contribution in [-0.2, 0) is 13.5 Å². The Labute approximate surface area is 118 Å². The van der Waals surface area contributed by atoms with Gasteiger partial charge in [-0.25, -0.2) is 4.98 Å². The molecule has 0 fully saturated rings. The van der Waals surface area contributed by atoms with Gasteiger partial charge in [0, 0.05) is 32.5 Å². The van der Waals surface area contributed by atoms with Crippen LogP contribution in [0.4, 0.5) is 5.82 Å². The molecule has 0 saturated carbocycles. The topological polar surface area (TPSA) is 71.8 Å². The fourth-order valence-corrected chi connectivity index (χ4v) is 1.91. The number of anilines is 1. The summed E-state index contributed by atoms with van der Waals surface area (Å²) < 4.78 is 1.75. The van der Waals surface area contributed by atoms with Crippen molar-refractivity contribution in [1.29, 1.82) is 0 Å². The Balaban J connectivity index is 1.91. The highest BCUT2D eigenvalue weighted by Crippen LogP contribution is 2.10. The van der Waals surface area contributed by atoms with Crippen LogP contribution in [0.15, 0.2) is 30.7 Å². The molecule has 0 atom stereocenters. The van der Waals surface area contributed by atoms with Crippen molar-refractivity contribution in [1.82, 2.24) is 20.1 Å². The summed E-state index contributed by atoms with van der Waals surface area (Å²) in [5.41, 5.74) is 1.67. The van der Waals surface area contributed by atoms with Crippen molar-refractivity contribution in [3.05, 3.63) is 41.9 Å². The lowest BCUT2D eigenvalue weighted by Gasteiger charge is -2.09. The molecule has 0 aliphatic heterocycles. The lowest BCUT2D eigenvalue weighted by atomic mass is 10.2. The summed E-state index contributed by atoms with van der Waals surface area (Å²) in [4.78, 5) is 16.3. The molecule has 0 aliphatic rings. The normalized spacial score (nSPS) is 10.3. The third kappa shape index (κ3) is 3.57. The summed E-state index contributed by atoms with van der Waals surface area (Å²) >= 11 is 0. The highest BCUT2D eigenvalue weighted by atomic mass is 16.1. The molecular weight excluding hydrogens is 254 g/mol. The maximum absolute atomic E-state index is 12.1. The summed E-state index contributed by atoms with van der Waals surface area (Å²) in [7, 11) is 1.88. The van der Waals surface area contributed by atoms with E-state index in [1.54, 1.807) is 29.2 Å². The molecular formula is C14H19N5O. The van der Waals surface area contributed by atoms with Crippen molar-refractivity contribution < 1.29 is 4.79 Å². The Bertz CT molecular complexity index is 578. The van der Waals surface area contributed by atoms with Gasteiger partial charge in [-0.05, 0) is 31.0 Å². The summed E-state index contributed by atoms with van der Waals surface area (Å²) in [5, 5.41) is 10.1. The number of amides is 1. The average molecular weight is 273 g/mol. The fourth-order valence-electron chi connectivity index (χ4n) is 1.91. The van der Waals surface area contributed by atoms with Gasteiger partial charge in [0.2, 0.25) is 0 Å². The van der Waals surface area contributed by atoms with E-state index in [1.807, 2.05) is 20.2 Å². The maximum Gasteiger partial charge on any atom is 0.255 e. The minimum atomic E-state index is -0.113. The smallest absolute Gasteiger partial charge is 0.255 e. The molecule has 0 aromatic carbocycles. The molecule has 0 unspecified atom stereocenters. The minimum Gasteiger partial charge on any atom is -0.370 e. The molecule has 2 aromatic rings. The Hall–Kier alpha value is -2.37. The van der Waals surface area contributed by atoms with Gasteiger partial charge in [-0.1, -0.05) is 0 Å². The first kappa shape index (κ1) is 14.0. The second-order valence-electron chi connectivity index (χ2n) is 4.46. The summed E-state index contributed by atoms with van der Waals surface area (Å²) in [6.45, 7) is 3.27. The number of aromatic nitrogens is 3. The zero-order valence-electron chi connectivity index (χ0n) is 11.8. The predicted molar refractivity (Wildman–Crippen MR) is 77.6 cm³/mol. The van der Waals surface area contributed by atoms with Crippen LogP contribution >= 0.6 is 0 Å². The maximum atomic E-state index is 12.1. The van der Waals surface area contributed by atoms with Crippen LogP contribution in [0.1, 0.15) is 22.8 Å². The summed E-state index contributed by atoms with van der Waals surface area (Å²) in [6, 6.07) is 3.53. The van der Waals surface area contributed by atoms with Gasteiger partial charge in [0.05, 0.1) is 11.8 Å². The molecule has 2 aromatic heterocycles. The largest absolute Gasteiger partial charge is 0.370 e. The number of nitrogens with one attached hydrogen (secondary N) is 2. The lowest BCUT2D eigenvalue weighted by Crippen LogP contribution is -2.26. The zero-order chi connectivity index (χ0) is 14.4. The van der Waals surface area contributed by atoms with E-state index in [1.165, 1.54) is 0 Å². The monoisotopic (exact) mass is 273 g/mol. The molecule has 6 heteroatoms. The summed E-state index contributed by atoms with van der Waals surface area (Å²) in [5.74, 6) is 0.506. The van der Waals surface area contributed by atoms with E-state index in [9.17, 15) is 4.79 Å². The van der Waals surface area contributed by atoms with Crippen molar-refractivity contribution in [3.63, 3.8) is 0 Å². The van der Waals surface area contributed by atoms with Crippen LogP contribution in [0.25, 0.3) is 0 Å². The highest BCUT2D eigenvalue weighted by molar-refractivity contribution is 5.98. The second-order valence-corrected chi connectivity index (χ2v) is 4.46. The number of hydrogen-bond acceptors (Lipinski definition) is 4. The third-order valence-electron chi connectivity index (χ3n) is 2.85. The molecule has 6 nitrogen and oxygen atoms in total. The average Bonchev–Trinajstić information content (AvgIpc) is 2.85. The van der Waals surface area contributed by atoms with Crippen molar-refractivity contribution in [3.8, 4) is 0 Å². The molecule has 0 saturated heterocycles. The number of nitrogens with zero attached hydrogens (tertiary/aromatic N) is 3. The van der Waals surface area contributed by atoms with Gasteiger partial charge < -0.3 is 10.6 Å². The first-order valence-corrected chi connectivity index (χ1v) is 6.65. The molecule has 0 spiro atoms. The van der Waals surface area contributed by atoms with Gasteiger partial charge in [0.1, 0.15) is 5.82 Å². The molecule has 2 rings (SSSR count). The van der Waals surface area contributed by atoms with Crippen molar-refractivity contribution >= 4 is 11.7 Å². The van der Waals surface area contributed by atoms with Crippen molar-refractivity contribution in [2.45, 2.75) is 13.3 Å². The summed E-state index contributed by atoms with van der Waals surface area (Å²) in [6.07, 6.45) is 6.18. The van der Waals surface area contributed by atoms with Crippen LogP contribution in [0.5, 0.6) is 0 Å². The van der Waals surface area contributed by atoms with Gasteiger partial charge in [-0.15, -0.1) is 0 Å². The number of rotatable bonds is 6. The van der Waals surface area contributed by atoms with E-state index in [4.69, 9.17) is 0 Å². The first-order chi connectivity index (χ1) is 9.70. The Morgan fingerprint density at radius 3 is 3.00 bits per heavy atom. The van der Waals surface area contributed by atoms with Gasteiger partial charge in [-0.2, -0.15) is 5.10 Å². The first-order valence-electron chi connectivity index (χ1n) is 6.65. The Morgan fingerprint density at radius 2 is 2.30 bits per heavy atom. The van der Waals surface area contributed by atoms with E-state index in [-0.39, 0.29) is 5.91 Å². The predicted octanol–water partition coefficient (Wildman–Crippen LogP) is 1.22. The number of hydrogen-bond donors (Lipinski definition) is 2. The van der Waals surface area contributed by atoms with Crippen LogP contribution in [0.2, 0.25) is 0 Å². The van der Waals surface area contributed by atoms with E-state index in [0.717, 1.165) is 18.5 Å². The van der Waals surface area contributed by atoms with Crippen molar-refractivity contribution in [2.75, 3.05) is 18.4 Å². The van der Waals surface area contributed by atoms with Gasteiger partial charge in [0.25, 0.3) is 5.91 Å². The Morgan fingerprint density at radius 1 is 1.45 bits per heavy atom. The number of aryl methyl sites for hydroxylation is 1. The van der Waals surface area contributed by atoms with Crippen LogP contribution in [0, 0.1) is 0 Å². The quantitative estimate of drug-likeness (QED) is 0.830. The zero-order valence-corrected chi connectivity index (χ0v) is 11.8. The van der Waals surface area contributed by atoms with Crippen molar-refractivity contribution in [2.24, 2.45) is 7.05 Å². The van der Waals surface area contributed by atoms with Gasteiger partial charge in [0.15, 0.2) is 0 Å². The second kappa shape index (κ2) is 6.70. The fraction of sp³-hybridized carbons (Fsp3) is 0.357. The molecule has 0 bridgehead atoms. The lowest BCUT2D eigenvalue weighted by molar-refractivity contribution is 0.0954. The molecule has 0 radical (unpaired) electrons. The van der Waals surface area contributed by atoms with E-state index < -0.39 is 0 Å². The standard InChI is InChI=1S/C14H19N5O/c1-3-15-13-12(5-4-7-16-13)14(20)17-8-6-11-9-18-19(2)10-11/h4-5,7,9-10H,3,6,8H2,1-2H3,(H,15,16)(H,17,20). The molecule has 0 aliphatic carbocycles. The van der Waals surface area contributed by atoms with E-state index in [0.29, 0.717) is 17.9 Å². The number of carbonyl (C=O) groups is 1. The van der Waals surface area contributed by atoms with Crippen LogP contribution < -0.4 is 10.6 Å². The SMILES string of the molecule is CCNc1ncccc1C(=O)NCCc1cnn(C)c1.